The number of sulfonamides is 2. The van der Waals surface area contributed by atoms with E-state index in [-0.39, 0.29) is 9.79 Å². The van der Waals surface area contributed by atoms with E-state index in [1.165, 1.54) is 55.6 Å². The Morgan fingerprint density at radius 3 is 1.95 bits per heavy atom. The highest BCUT2D eigenvalue weighted by molar-refractivity contribution is 7.93. The molecule has 0 aromatic heterocycles. The summed E-state index contributed by atoms with van der Waals surface area (Å²) in [7, 11) is -6.51. The molecular weight excluding hydrogens is 586 g/mol. The second kappa shape index (κ2) is 12.2. The predicted octanol–water partition coefficient (Wildman–Crippen LogP) is 5.60. The van der Waals surface area contributed by atoms with Gasteiger partial charge in [0.15, 0.2) is 0 Å². The SMILES string of the molecule is COc1ccc(NS(=O)(=O)c2ccc(NC(=O)CN(c3ccc(C)c(C)c3)S(=O)(=O)c3ccc(Cl)cc3)cc2)cc1. The molecule has 0 fully saturated rings. The first kappa shape index (κ1) is 29.9. The molecule has 4 aromatic rings. The lowest BCUT2D eigenvalue weighted by molar-refractivity contribution is -0.114. The van der Waals surface area contributed by atoms with Crippen molar-refractivity contribution in [1.29, 1.82) is 0 Å². The van der Waals surface area contributed by atoms with Crippen LogP contribution < -0.4 is 19.1 Å². The van der Waals surface area contributed by atoms with Gasteiger partial charge in [-0.25, -0.2) is 16.8 Å². The molecule has 0 saturated heterocycles. The van der Waals surface area contributed by atoms with Crippen molar-refractivity contribution in [2.75, 3.05) is 28.0 Å². The minimum Gasteiger partial charge on any atom is -0.497 e. The molecule has 0 heterocycles. The largest absolute Gasteiger partial charge is 0.497 e. The fourth-order valence-corrected chi connectivity index (χ4v) is 6.45. The normalized spacial score (nSPS) is 11.5. The van der Waals surface area contributed by atoms with Crippen LogP contribution in [0.5, 0.6) is 5.75 Å². The Bertz CT molecular complexity index is 1760. The fourth-order valence-electron chi connectivity index (χ4n) is 3.85. The van der Waals surface area contributed by atoms with E-state index >= 15 is 0 Å². The number of hydrogen-bond acceptors (Lipinski definition) is 6. The number of anilines is 3. The van der Waals surface area contributed by atoms with Gasteiger partial charge < -0.3 is 10.1 Å². The number of carbonyl (C=O) groups excluding carboxylic acids is 1. The van der Waals surface area contributed by atoms with E-state index in [9.17, 15) is 21.6 Å². The van der Waals surface area contributed by atoms with Gasteiger partial charge in [-0.05, 0) is 110 Å². The monoisotopic (exact) mass is 613 g/mol. The number of nitrogens with zero attached hydrogens (tertiary/aromatic N) is 1. The van der Waals surface area contributed by atoms with Crippen LogP contribution in [0, 0.1) is 13.8 Å². The Morgan fingerprint density at radius 1 is 0.780 bits per heavy atom. The molecule has 0 unspecified atom stereocenters. The lowest BCUT2D eigenvalue weighted by Gasteiger charge is -2.25. The average molecular weight is 614 g/mol. The van der Waals surface area contributed by atoms with Gasteiger partial charge in [0.05, 0.1) is 22.6 Å². The smallest absolute Gasteiger partial charge is 0.264 e. The van der Waals surface area contributed by atoms with Crippen molar-refractivity contribution in [3.05, 3.63) is 107 Å². The van der Waals surface area contributed by atoms with E-state index in [2.05, 4.69) is 10.0 Å². The van der Waals surface area contributed by atoms with E-state index in [1.807, 2.05) is 13.8 Å². The molecule has 0 saturated carbocycles. The van der Waals surface area contributed by atoms with E-state index in [0.717, 1.165) is 15.4 Å². The number of methoxy groups -OCH3 is 1. The summed E-state index contributed by atoms with van der Waals surface area (Å²) in [6.45, 7) is 3.23. The number of amides is 1. The van der Waals surface area contributed by atoms with Crippen molar-refractivity contribution in [1.82, 2.24) is 0 Å². The summed E-state index contributed by atoms with van der Waals surface area (Å²) in [5, 5.41) is 3.03. The van der Waals surface area contributed by atoms with Gasteiger partial charge in [-0.3, -0.25) is 13.8 Å². The van der Waals surface area contributed by atoms with Gasteiger partial charge in [0.25, 0.3) is 20.0 Å². The third-order valence-electron chi connectivity index (χ3n) is 6.26. The quantitative estimate of drug-likeness (QED) is 0.240. The molecule has 2 N–H and O–H groups in total. The minimum atomic E-state index is -4.13. The summed E-state index contributed by atoms with van der Waals surface area (Å²) in [6.07, 6.45) is 0. The lowest BCUT2D eigenvalue weighted by atomic mass is 10.1. The average Bonchev–Trinajstić information content (AvgIpc) is 2.94. The van der Waals surface area contributed by atoms with Crippen LogP contribution in [0.4, 0.5) is 17.1 Å². The van der Waals surface area contributed by atoms with Gasteiger partial charge in [-0.2, -0.15) is 0 Å². The van der Waals surface area contributed by atoms with E-state index in [1.54, 1.807) is 42.5 Å². The molecule has 0 radical (unpaired) electrons. The van der Waals surface area contributed by atoms with Crippen LogP contribution in [0.1, 0.15) is 11.1 Å². The van der Waals surface area contributed by atoms with E-state index in [4.69, 9.17) is 16.3 Å². The predicted molar refractivity (Wildman–Crippen MR) is 161 cm³/mol. The number of nitrogens with one attached hydrogen (secondary N) is 2. The van der Waals surface area contributed by atoms with Gasteiger partial charge >= 0.3 is 0 Å². The molecule has 12 heteroatoms. The molecule has 214 valence electrons. The maximum absolute atomic E-state index is 13.6. The van der Waals surface area contributed by atoms with Crippen LogP contribution in [-0.2, 0) is 24.8 Å². The maximum Gasteiger partial charge on any atom is 0.264 e. The number of hydrogen-bond donors (Lipinski definition) is 2. The first-order valence-electron chi connectivity index (χ1n) is 12.3. The highest BCUT2D eigenvalue weighted by atomic mass is 35.5. The second-order valence-corrected chi connectivity index (χ2v) is 13.1. The summed E-state index contributed by atoms with van der Waals surface area (Å²) in [5.74, 6) is -0.0298. The van der Waals surface area contributed by atoms with E-state index < -0.39 is 32.5 Å². The Labute approximate surface area is 244 Å². The lowest BCUT2D eigenvalue weighted by Crippen LogP contribution is -2.38. The number of halogens is 1. The van der Waals surface area contributed by atoms with Crippen LogP contribution in [0.3, 0.4) is 0 Å². The summed E-state index contributed by atoms with van der Waals surface area (Å²) in [4.78, 5) is 13.0. The standard InChI is InChI=1S/C29H28ClN3O6S2/c1-20-4-11-25(18-21(20)2)33(41(37,38)28-14-5-22(30)6-15-28)19-29(34)31-23-9-16-27(17-10-23)40(35,36)32-24-7-12-26(39-3)13-8-24/h4-18,32H,19H2,1-3H3,(H,31,34). The Hall–Kier alpha value is -4.06. The zero-order valence-corrected chi connectivity index (χ0v) is 24.8. The van der Waals surface area contributed by atoms with Crippen LogP contribution in [0.15, 0.2) is 101 Å². The highest BCUT2D eigenvalue weighted by Crippen LogP contribution is 2.27. The third-order valence-corrected chi connectivity index (χ3v) is 9.70. The first-order chi connectivity index (χ1) is 19.4. The van der Waals surface area contributed by atoms with Gasteiger partial charge in [-0.1, -0.05) is 17.7 Å². The zero-order chi connectivity index (χ0) is 29.8. The van der Waals surface area contributed by atoms with Crippen LogP contribution >= 0.6 is 11.6 Å². The van der Waals surface area contributed by atoms with Crippen molar-refractivity contribution in [2.24, 2.45) is 0 Å². The van der Waals surface area contributed by atoms with Crippen molar-refractivity contribution in [3.63, 3.8) is 0 Å². The van der Waals surface area contributed by atoms with Crippen LogP contribution in [-0.4, -0.2) is 36.4 Å². The van der Waals surface area contributed by atoms with Gasteiger partial charge in [0, 0.05) is 16.4 Å². The highest BCUT2D eigenvalue weighted by Gasteiger charge is 2.27. The van der Waals surface area contributed by atoms with E-state index in [0.29, 0.717) is 27.8 Å². The van der Waals surface area contributed by atoms with Crippen molar-refractivity contribution in [2.45, 2.75) is 23.6 Å². The number of aryl methyl sites for hydroxylation is 2. The third kappa shape index (κ3) is 7.18. The molecule has 4 aromatic carbocycles. The number of benzene rings is 4. The number of rotatable bonds is 10. The Balaban J connectivity index is 1.53. The van der Waals surface area contributed by atoms with Gasteiger partial charge in [-0.15, -0.1) is 0 Å². The van der Waals surface area contributed by atoms with Crippen molar-refractivity contribution >= 4 is 54.6 Å². The van der Waals surface area contributed by atoms with Crippen LogP contribution in [0.25, 0.3) is 0 Å². The summed E-state index contributed by atoms with van der Waals surface area (Å²) >= 11 is 5.94. The molecule has 0 aliphatic heterocycles. The van der Waals surface area contributed by atoms with Crippen molar-refractivity contribution in [3.8, 4) is 5.75 Å². The molecule has 0 atom stereocenters. The summed E-state index contributed by atoms with van der Waals surface area (Å²) in [6, 6.07) is 22.7. The zero-order valence-electron chi connectivity index (χ0n) is 22.5. The van der Waals surface area contributed by atoms with Gasteiger partial charge in [0.1, 0.15) is 12.3 Å². The molecule has 0 bridgehead atoms. The molecule has 0 aliphatic rings. The number of ether oxygens (including phenoxy) is 1. The maximum atomic E-state index is 13.6. The molecule has 0 spiro atoms. The molecule has 4 rings (SSSR count). The number of carbonyl (C=O) groups is 1. The summed E-state index contributed by atoms with van der Waals surface area (Å²) in [5.41, 5.74) is 2.81. The molecule has 41 heavy (non-hydrogen) atoms. The Kier molecular flexibility index (Phi) is 8.91. The first-order valence-corrected chi connectivity index (χ1v) is 15.6. The molecule has 9 nitrogen and oxygen atoms in total. The van der Waals surface area contributed by atoms with Crippen LogP contribution in [0.2, 0.25) is 5.02 Å². The Morgan fingerprint density at radius 2 is 1.37 bits per heavy atom. The topological polar surface area (TPSA) is 122 Å². The van der Waals surface area contributed by atoms with Gasteiger partial charge in [0.2, 0.25) is 5.91 Å². The molecule has 0 aliphatic carbocycles. The fraction of sp³-hybridized carbons (Fsp3) is 0.138. The summed E-state index contributed by atoms with van der Waals surface area (Å²) < 4.78 is 61.4. The van der Waals surface area contributed by atoms with Crippen molar-refractivity contribution < 1.29 is 26.4 Å². The minimum absolute atomic E-state index is 0.0200. The second-order valence-electron chi connectivity index (χ2n) is 9.14. The molecule has 1 amide bonds. The molecular formula is C29H28ClN3O6S2.